The molecule has 1 fully saturated rings. The smallest absolute Gasteiger partial charge is 0.291 e. The van der Waals surface area contributed by atoms with Gasteiger partial charge in [0.2, 0.25) is 0 Å². The zero-order valence-electron chi connectivity index (χ0n) is 25.8. The number of anilines is 2. The number of fused-ring (bicyclic) bond motifs is 2. The van der Waals surface area contributed by atoms with Crippen LogP contribution < -0.4 is 16.0 Å². The molecule has 5 heterocycles. The number of carbonyl (C=O) groups is 2. The van der Waals surface area contributed by atoms with Crippen LogP contribution in [0.15, 0.2) is 36.4 Å². The van der Waals surface area contributed by atoms with Crippen LogP contribution in [0.5, 0.6) is 0 Å². The molecule has 4 aromatic rings. The molecule has 13 heteroatoms. The lowest BCUT2D eigenvalue weighted by molar-refractivity contribution is 0.0283. The van der Waals surface area contributed by atoms with Crippen LogP contribution in [0.25, 0.3) is 11.1 Å². The molecule has 3 aliphatic heterocycles. The first-order valence-corrected chi connectivity index (χ1v) is 16.4. The van der Waals surface area contributed by atoms with Crippen LogP contribution in [0, 0.1) is 0 Å². The zero-order chi connectivity index (χ0) is 31.9. The van der Waals surface area contributed by atoms with Gasteiger partial charge in [-0.2, -0.15) is 0 Å². The number of nitrogens with one attached hydrogen (secondary N) is 3. The lowest BCUT2D eigenvalue weighted by atomic mass is 10.0. The molecule has 0 radical (unpaired) electrons. The molecule has 3 N–H and O–H groups in total. The molecule has 0 saturated carbocycles. The highest BCUT2D eigenvalue weighted by Crippen LogP contribution is 2.40. The highest BCUT2D eigenvalue weighted by Gasteiger charge is 2.30. The maximum atomic E-state index is 13.5. The molecule has 0 atom stereocenters. The summed E-state index contributed by atoms with van der Waals surface area (Å²) in [5, 5.41) is 9.83. The molecule has 46 heavy (non-hydrogen) atoms. The topological polar surface area (TPSA) is 118 Å². The fourth-order valence-corrected chi connectivity index (χ4v) is 7.35. The minimum absolute atomic E-state index is 0.324. The third kappa shape index (κ3) is 5.71. The number of imidazole rings is 2. The third-order valence-corrected chi connectivity index (χ3v) is 10.1. The summed E-state index contributed by atoms with van der Waals surface area (Å²) in [5.41, 5.74) is 6.06. The Morgan fingerprint density at radius 3 is 2.00 bits per heavy atom. The van der Waals surface area contributed by atoms with Crippen LogP contribution in [-0.4, -0.2) is 68.2 Å². The van der Waals surface area contributed by atoms with E-state index in [1.54, 1.807) is 24.3 Å². The summed E-state index contributed by atoms with van der Waals surface area (Å²) < 4.78 is 9.27. The Balaban J connectivity index is 1.09. The minimum atomic E-state index is -0.350. The second kappa shape index (κ2) is 12.8. The maximum absolute atomic E-state index is 13.5. The van der Waals surface area contributed by atoms with Gasteiger partial charge < -0.3 is 29.8 Å². The molecule has 3 aliphatic rings. The number of ether oxygens (including phenoxy) is 1. The van der Waals surface area contributed by atoms with Crippen molar-refractivity contribution in [1.29, 1.82) is 0 Å². The first-order valence-electron chi connectivity index (χ1n) is 15.6. The lowest BCUT2D eigenvalue weighted by Gasteiger charge is -2.36. The summed E-state index contributed by atoms with van der Waals surface area (Å²) in [5.74, 6) is -0.0229. The second-order valence-corrected chi connectivity index (χ2v) is 12.8. The van der Waals surface area contributed by atoms with Gasteiger partial charge in [-0.15, -0.1) is 0 Å². The zero-order valence-corrected chi connectivity index (χ0v) is 27.3. The predicted octanol–water partition coefficient (Wildman–Crippen LogP) is 4.81. The van der Waals surface area contributed by atoms with E-state index in [-0.39, 0.29) is 11.8 Å². The molecule has 0 spiro atoms. The number of carbonyl (C=O) groups excluding carboxylic acids is 2. The monoisotopic (exact) mass is 662 g/mol. The van der Waals surface area contributed by atoms with Crippen LogP contribution in [-0.2, 0) is 44.8 Å². The second-order valence-electron chi connectivity index (χ2n) is 12.0. The first kappa shape index (κ1) is 30.9. The van der Waals surface area contributed by atoms with Crippen LogP contribution in [0.4, 0.5) is 11.4 Å². The number of aromatic nitrogens is 4. The summed E-state index contributed by atoms with van der Waals surface area (Å²) in [6, 6.07) is 11.2. The van der Waals surface area contributed by atoms with E-state index in [1.165, 1.54) is 0 Å². The van der Waals surface area contributed by atoms with Gasteiger partial charge in [0.15, 0.2) is 11.6 Å². The molecule has 7 rings (SSSR count). The van der Waals surface area contributed by atoms with Crippen LogP contribution in [0.3, 0.4) is 0 Å². The standard InChI is InChI=1S/C33H36Cl2N8O3/c1-41-26-9-13-36-17-24(26)37-30(41)32(44)39-22-7-3-5-20(28(22)34)21-6-4-8-23(29(21)35)40-33(45)31-38-25-18-43(14-10-27(25)42(31)2)19-11-15-46-16-12-19/h3-8,19,36H,9-18H2,1-2H3,(H,39,44)(H,40,45). The molecule has 2 aromatic carbocycles. The van der Waals surface area contributed by atoms with Crippen molar-refractivity contribution in [2.45, 2.75) is 44.8 Å². The Morgan fingerprint density at radius 1 is 0.848 bits per heavy atom. The van der Waals surface area contributed by atoms with E-state index in [0.29, 0.717) is 56.8 Å². The number of hydrogen-bond acceptors (Lipinski definition) is 7. The van der Waals surface area contributed by atoms with Crippen LogP contribution in [0.2, 0.25) is 10.0 Å². The van der Waals surface area contributed by atoms with Gasteiger partial charge in [0.25, 0.3) is 11.8 Å². The van der Waals surface area contributed by atoms with Crippen LogP contribution in [0.1, 0.15) is 56.9 Å². The predicted molar refractivity (Wildman–Crippen MR) is 178 cm³/mol. The van der Waals surface area contributed by atoms with E-state index in [4.69, 9.17) is 32.9 Å². The number of hydrogen-bond donors (Lipinski definition) is 3. The molecular formula is C33H36Cl2N8O3. The van der Waals surface area contributed by atoms with Crippen molar-refractivity contribution in [1.82, 2.24) is 29.3 Å². The molecule has 1 saturated heterocycles. The number of amides is 2. The molecule has 0 bridgehead atoms. The van der Waals surface area contributed by atoms with Crippen LogP contribution >= 0.6 is 23.2 Å². The Hall–Kier alpha value is -3.74. The Labute approximate surface area is 277 Å². The van der Waals surface area contributed by atoms with Gasteiger partial charge in [-0.3, -0.25) is 14.5 Å². The summed E-state index contributed by atoms with van der Waals surface area (Å²) in [7, 11) is 3.74. The Kier molecular flexibility index (Phi) is 8.60. The SMILES string of the molecule is Cn1c(C(=O)Nc2cccc(-c3cccc(NC(=O)c4nc5c(n4C)CCN(C4CCOCC4)C5)c3Cl)c2Cl)nc2c1CCNC2. The molecule has 11 nitrogen and oxygen atoms in total. The quantitative estimate of drug-likeness (QED) is 0.271. The van der Waals surface area contributed by atoms with Gasteiger partial charge in [0, 0.05) is 94.9 Å². The largest absolute Gasteiger partial charge is 0.381 e. The Bertz CT molecular complexity index is 1830. The van der Waals surface area contributed by atoms with Crippen molar-refractivity contribution in [3.8, 4) is 11.1 Å². The van der Waals surface area contributed by atoms with Gasteiger partial charge in [-0.1, -0.05) is 47.5 Å². The molecular weight excluding hydrogens is 627 g/mol. The fraction of sp³-hybridized carbons (Fsp3) is 0.394. The summed E-state index contributed by atoms with van der Waals surface area (Å²) >= 11 is 13.8. The average molecular weight is 664 g/mol. The van der Waals surface area contributed by atoms with Crippen molar-refractivity contribution in [3.63, 3.8) is 0 Å². The molecule has 2 amide bonds. The van der Waals surface area contributed by atoms with Gasteiger partial charge in [-0.25, -0.2) is 9.97 Å². The van der Waals surface area contributed by atoms with Crippen molar-refractivity contribution in [2.24, 2.45) is 14.1 Å². The van der Waals surface area contributed by atoms with E-state index in [0.717, 1.165) is 81.3 Å². The average Bonchev–Trinajstić information content (AvgIpc) is 3.59. The molecule has 2 aromatic heterocycles. The molecule has 0 unspecified atom stereocenters. The summed E-state index contributed by atoms with van der Waals surface area (Å²) in [6.07, 6.45) is 3.69. The van der Waals surface area contributed by atoms with Gasteiger partial charge >= 0.3 is 0 Å². The lowest BCUT2D eigenvalue weighted by Crippen LogP contribution is -2.42. The summed E-state index contributed by atoms with van der Waals surface area (Å²) in [6.45, 7) is 4.73. The minimum Gasteiger partial charge on any atom is -0.381 e. The van der Waals surface area contributed by atoms with Crippen molar-refractivity contribution in [3.05, 3.63) is 80.9 Å². The van der Waals surface area contributed by atoms with E-state index >= 15 is 0 Å². The number of benzene rings is 2. The van der Waals surface area contributed by atoms with Crippen molar-refractivity contribution < 1.29 is 14.3 Å². The number of rotatable bonds is 6. The highest BCUT2D eigenvalue weighted by atomic mass is 35.5. The van der Waals surface area contributed by atoms with E-state index in [1.807, 2.05) is 35.4 Å². The fourth-order valence-electron chi connectivity index (χ4n) is 6.80. The number of nitrogens with zero attached hydrogens (tertiary/aromatic N) is 5. The van der Waals surface area contributed by atoms with Gasteiger partial charge in [0.1, 0.15) is 0 Å². The molecule has 240 valence electrons. The van der Waals surface area contributed by atoms with Gasteiger partial charge in [0.05, 0.1) is 32.8 Å². The van der Waals surface area contributed by atoms with Crippen molar-refractivity contribution >= 4 is 46.4 Å². The number of halogens is 2. The highest BCUT2D eigenvalue weighted by molar-refractivity contribution is 6.40. The third-order valence-electron chi connectivity index (χ3n) is 9.31. The molecule has 0 aliphatic carbocycles. The summed E-state index contributed by atoms with van der Waals surface area (Å²) in [4.78, 5) is 38.6. The van der Waals surface area contributed by atoms with Gasteiger partial charge in [-0.05, 0) is 25.0 Å². The normalized spacial score (nSPS) is 17.0. The van der Waals surface area contributed by atoms with E-state index in [2.05, 4.69) is 25.8 Å². The van der Waals surface area contributed by atoms with Crippen molar-refractivity contribution in [2.75, 3.05) is 36.9 Å². The van der Waals surface area contributed by atoms with E-state index < -0.39 is 0 Å². The van der Waals surface area contributed by atoms with E-state index in [9.17, 15) is 9.59 Å². The Morgan fingerprint density at radius 2 is 1.41 bits per heavy atom. The maximum Gasteiger partial charge on any atom is 0.291 e. The first-order chi connectivity index (χ1) is 22.3.